The Balaban J connectivity index is 3.53. The minimum atomic E-state index is -1.40. The second-order valence-corrected chi connectivity index (χ2v) is 3.34. The van der Waals surface area contributed by atoms with Crippen LogP contribution in [0.25, 0.3) is 0 Å². The van der Waals surface area contributed by atoms with Crippen LogP contribution in [-0.2, 0) is 0 Å². The van der Waals surface area contributed by atoms with Gasteiger partial charge >= 0.3 is 5.97 Å². The van der Waals surface area contributed by atoms with Crippen molar-refractivity contribution in [2.45, 2.75) is 0 Å². The van der Waals surface area contributed by atoms with Crippen LogP contribution in [0.3, 0.4) is 0 Å². The summed E-state index contributed by atoms with van der Waals surface area (Å²) in [6, 6.07) is 0.994. The Morgan fingerprint density at radius 2 is 1.85 bits per heavy atom. The molecule has 1 aromatic rings. The number of hydrogen-bond donors (Lipinski definition) is 1. The number of carboxylic acids is 1. The quantitative estimate of drug-likeness (QED) is 0.605. The van der Waals surface area contributed by atoms with Gasteiger partial charge in [-0.05, 0) is 6.07 Å². The van der Waals surface area contributed by atoms with Gasteiger partial charge in [0.2, 0.25) is 0 Å². The number of aromatic carboxylic acids is 1. The molecule has 0 heterocycles. The maximum Gasteiger partial charge on any atom is 0.338 e. The van der Waals surface area contributed by atoms with Crippen molar-refractivity contribution < 1.29 is 14.3 Å². The van der Waals surface area contributed by atoms with Gasteiger partial charge in [0.1, 0.15) is 0 Å². The summed E-state index contributed by atoms with van der Waals surface area (Å²) >= 11 is 16.2. The first-order valence-corrected chi connectivity index (χ1v) is 4.14. The lowest BCUT2D eigenvalue weighted by atomic mass is 10.2. The Bertz CT molecular complexity index is 378. The molecule has 0 aromatic heterocycles. The number of halogens is 4. The van der Waals surface area contributed by atoms with Gasteiger partial charge in [0.25, 0.3) is 0 Å². The molecule has 2 nitrogen and oxygen atoms in total. The molecule has 6 heteroatoms. The van der Waals surface area contributed by atoms with Crippen LogP contribution in [0.1, 0.15) is 10.4 Å². The standard InChI is InChI=1S/C7H2Cl3FO2/c8-2-1-3(9)6(11)5(10)4(2)7(12)13/h1H,(H,12,13). The summed E-state index contributed by atoms with van der Waals surface area (Å²) in [7, 11) is 0. The van der Waals surface area contributed by atoms with Crippen LogP contribution >= 0.6 is 34.8 Å². The highest BCUT2D eigenvalue weighted by atomic mass is 35.5. The molecule has 0 fully saturated rings. The molecule has 0 saturated heterocycles. The first-order valence-electron chi connectivity index (χ1n) is 3.01. The van der Waals surface area contributed by atoms with Gasteiger partial charge in [-0.25, -0.2) is 9.18 Å². The molecule has 13 heavy (non-hydrogen) atoms. The highest BCUT2D eigenvalue weighted by Crippen LogP contribution is 2.32. The zero-order valence-corrected chi connectivity index (χ0v) is 8.21. The zero-order valence-electron chi connectivity index (χ0n) is 5.94. The predicted molar refractivity (Wildman–Crippen MR) is 48.4 cm³/mol. The van der Waals surface area contributed by atoms with Crippen molar-refractivity contribution in [3.8, 4) is 0 Å². The van der Waals surface area contributed by atoms with Gasteiger partial charge in [-0.3, -0.25) is 0 Å². The molecule has 0 spiro atoms. The molecule has 70 valence electrons. The highest BCUT2D eigenvalue weighted by Gasteiger charge is 2.19. The van der Waals surface area contributed by atoms with Crippen molar-refractivity contribution in [2.24, 2.45) is 0 Å². The fourth-order valence-electron chi connectivity index (χ4n) is 0.762. The van der Waals surface area contributed by atoms with Crippen LogP contribution in [0.5, 0.6) is 0 Å². The van der Waals surface area contributed by atoms with E-state index in [0.29, 0.717) is 0 Å². The normalized spacial score (nSPS) is 10.2. The van der Waals surface area contributed by atoms with Gasteiger partial charge in [0.15, 0.2) is 5.82 Å². The molecule has 0 atom stereocenters. The average molecular weight is 243 g/mol. The molecule has 0 aliphatic heterocycles. The summed E-state index contributed by atoms with van der Waals surface area (Å²) in [4.78, 5) is 10.5. The van der Waals surface area contributed by atoms with Crippen LogP contribution in [-0.4, -0.2) is 11.1 Å². The Labute approximate surface area is 87.8 Å². The third-order valence-electron chi connectivity index (χ3n) is 1.33. The van der Waals surface area contributed by atoms with Gasteiger partial charge in [0.05, 0.1) is 20.6 Å². The van der Waals surface area contributed by atoms with E-state index in [1.165, 1.54) is 0 Å². The lowest BCUT2D eigenvalue weighted by molar-refractivity contribution is 0.0697. The highest BCUT2D eigenvalue weighted by molar-refractivity contribution is 6.41. The van der Waals surface area contributed by atoms with Crippen molar-refractivity contribution in [1.29, 1.82) is 0 Å². The van der Waals surface area contributed by atoms with E-state index in [4.69, 9.17) is 39.9 Å². The summed E-state index contributed by atoms with van der Waals surface area (Å²) in [5.74, 6) is -2.38. The van der Waals surface area contributed by atoms with Gasteiger partial charge < -0.3 is 5.11 Å². The smallest absolute Gasteiger partial charge is 0.338 e. The second-order valence-electron chi connectivity index (χ2n) is 2.15. The summed E-state index contributed by atoms with van der Waals surface area (Å²) in [6.45, 7) is 0. The van der Waals surface area contributed by atoms with E-state index in [1.54, 1.807) is 0 Å². The third-order valence-corrected chi connectivity index (χ3v) is 2.26. The molecule has 0 aliphatic carbocycles. The van der Waals surface area contributed by atoms with Crippen LogP contribution in [0.15, 0.2) is 6.07 Å². The molecular weight excluding hydrogens is 241 g/mol. The SMILES string of the molecule is O=C(O)c1c(Cl)cc(Cl)c(F)c1Cl. The van der Waals surface area contributed by atoms with Crippen molar-refractivity contribution in [3.05, 3.63) is 32.5 Å². The Morgan fingerprint density at radius 1 is 1.31 bits per heavy atom. The minimum absolute atomic E-state index is 0.191. The number of carbonyl (C=O) groups is 1. The first kappa shape index (κ1) is 10.6. The van der Waals surface area contributed by atoms with Crippen LogP contribution < -0.4 is 0 Å². The lowest BCUT2D eigenvalue weighted by Gasteiger charge is -2.03. The Hall–Kier alpha value is -0.510. The molecule has 1 rings (SSSR count). The molecule has 0 unspecified atom stereocenters. The summed E-state index contributed by atoms with van der Waals surface area (Å²) in [6.07, 6.45) is 0. The molecule has 1 aromatic carbocycles. The van der Waals surface area contributed by atoms with Gasteiger partial charge in [-0.1, -0.05) is 34.8 Å². The van der Waals surface area contributed by atoms with E-state index in [-0.39, 0.29) is 10.0 Å². The van der Waals surface area contributed by atoms with Crippen molar-refractivity contribution in [3.63, 3.8) is 0 Å². The molecule has 0 bridgehead atoms. The van der Waals surface area contributed by atoms with Crippen LogP contribution in [0.2, 0.25) is 15.1 Å². The second kappa shape index (κ2) is 3.70. The minimum Gasteiger partial charge on any atom is -0.478 e. The van der Waals surface area contributed by atoms with E-state index >= 15 is 0 Å². The van der Waals surface area contributed by atoms with E-state index in [2.05, 4.69) is 0 Å². The van der Waals surface area contributed by atoms with Crippen LogP contribution in [0.4, 0.5) is 4.39 Å². The van der Waals surface area contributed by atoms with Gasteiger partial charge in [-0.2, -0.15) is 0 Å². The molecule has 0 amide bonds. The molecule has 1 N–H and O–H groups in total. The first-order chi connectivity index (χ1) is 5.95. The Morgan fingerprint density at radius 3 is 2.31 bits per heavy atom. The average Bonchev–Trinajstić information content (AvgIpc) is 1.99. The monoisotopic (exact) mass is 242 g/mol. The van der Waals surface area contributed by atoms with E-state index in [9.17, 15) is 9.18 Å². The maximum atomic E-state index is 12.9. The van der Waals surface area contributed by atoms with E-state index in [1.807, 2.05) is 0 Å². The van der Waals surface area contributed by atoms with Crippen molar-refractivity contribution in [2.75, 3.05) is 0 Å². The molecular formula is C7H2Cl3FO2. The predicted octanol–water partition coefficient (Wildman–Crippen LogP) is 3.48. The Kier molecular flexibility index (Phi) is 3.01. The topological polar surface area (TPSA) is 37.3 Å². The fourth-order valence-corrected chi connectivity index (χ4v) is 1.69. The summed E-state index contributed by atoms with van der Waals surface area (Å²) in [5, 5.41) is 7.51. The largest absolute Gasteiger partial charge is 0.478 e. The van der Waals surface area contributed by atoms with Crippen molar-refractivity contribution >= 4 is 40.8 Å². The van der Waals surface area contributed by atoms with Crippen LogP contribution in [0, 0.1) is 5.82 Å². The number of carboxylic acid groups (broad SMARTS) is 1. The summed E-state index contributed by atoms with van der Waals surface area (Å²) < 4.78 is 12.9. The van der Waals surface area contributed by atoms with E-state index < -0.39 is 22.4 Å². The van der Waals surface area contributed by atoms with Gasteiger partial charge in [-0.15, -0.1) is 0 Å². The maximum absolute atomic E-state index is 12.9. The summed E-state index contributed by atoms with van der Waals surface area (Å²) in [5.41, 5.74) is -0.481. The molecule has 0 saturated carbocycles. The number of rotatable bonds is 1. The molecule has 0 aliphatic rings. The lowest BCUT2D eigenvalue weighted by Crippen LogP contribution is -2.00. The number of benzene rings is 1. The molecule has 0 radical (unpaired) electrons. The number of hydrogen-bond acceptors (Lipinski definition) is 1. The van der Waals surface area contributed by atoms with Gasteiger partial charge in [0, 0.05) is 0 Å². The zero-order chi connectivity index (χ0) is 10.2. The third kappa shape index (κ3) is 1.88. The van der Waals surface area contributed by atoms with E-state index in [0.717, 1.165) is 6.07 Å². The fraction of sp³-hybridized carbons (Fsp3) is 0. The van der Waals surface area contributed by atoms with Crippen molar-refractivity contribution in [1.82, 2.24) is 0 Å².